The number of nitrogens with zero attached hydrogens (tertiary/aromatic N) is 2. The zero-order valence-corrected chi connectivity index (χ0v) is 22.9. The van der Waals surface area contributed by atoms with Gasteiger partial charge in [0.25, 0.3) is 0 Å². The van der Waals surface area contributed by atoms with E-state index < -0.39 is 6.10 Å². The van der Waals surface area contributed by atoms with Crippen LogP contribution < -0.4 is 4.74 Å². The standard InChI is InChI=1S/C26H42Cl3N2O3/c1-2-3-4-5-6-7-8-9-10-11-12-26-30-13-14-31(26,15-16-32)19-21(33)20-34-25-18-23(28)22(27)17-24(25)29/h17-18,21,32-33H,2-16,19-20H2,1H3/q+1. The summed E-state index contributed by atoms with van der Waals surface area (Å²) < 4.78 is 6.27. The van der Waals surface area contributed by atoms with Gasteiger partial charge in [0.2, 0.25) is 0 Å². The van der Waals surface area contributed by atoms with E-state index in [2.05, 4.69) is 6.92 Å². The summed E-state index contributed by atoms with van der Waals surface area (Å²) in [5.41, 5.74) is 0. The number of rotatable bonds is 18. The molecule has 1 aromatic carbocycles. The molecule has 2 N–H and O–H groups in total. The van der Waals surface area contributed by atoms with Gasteiger partial charge in [0.1, 0.15) is 38.1 Å². The third kappa shape index (κ3) is 9.83. The van der Waals surface area contributed by atoms with Crippen LogP contribution in [0, 0.1) is 0 Å². The van der Waals surface area contributed by atoms with Crippen LogP contribution in [0.2, 0.25) is 15.1 Å². The molecule has 1 aromatic rings. The Kier molecular flexibility index (Phi) is 14.2. The molecule has 8 heteroatoms. The first-order valence-corrected chi connectivity index (χ1v) is 14.0. The Balaban J connectivity index is 1.77. The van der Waals surface area contributed by atoms with Crippen molar-refractivity contribution in [3.05, 3.63) is 27.2 Å². The van der Waals surface area contributed by atoms with Crippen LogP contribution in [0.5, 0.6) is 5.75 Å². The number of hydrogen-bond donors (Lipinski definition) is 2. The Morgan fingerprint density at radius 3 is 2.21 bits per heavy atom. The smallest absolute Gasteiger partial charge is 0.198 e. The van der Waals surface area contributed by atoms with E-state index in [1.54, 1.807) is 6.07 Å². The highest BCUT2D eigenvalue weighted by molar-refractivity contribution is 6.43. The largest absolute Gasteiger partial charge is 0.489 e. The second kappa shape index (κ2) is 16.2. The van der Waals surface area contributed by atoms with E-state index in [4.69, 9.17) is 44.5 Å². The van der Waals surface area contributed by atoms with Crippen LogP contribution in [0.3, 0.4) is 0 Å². The van der Waals surface area contributed by atoms with Gasteiger partial charge in [-0.1, -0.05) is 99.5 Å². The molecule has 0 bridgehead atoms. The van der Waals surface area contributed by atoms with Crippen molar-refractivity contribution in [1.82, 2.24) is 0 Å². The van der Waals surface area contributed by atoms with Crippen molar-refractivity contribution >= 4 is 40.6 Å². The third-order valence-electron chi connectivity index (χ3n) is 6.62. The molecule has 1 aliphatic rings. The number of halogens is 3. The van der Waals surface area contributed by atoms with Crippen molar-refractivity contribution in [2.45, 2.75) is 83.7 Å². The minimum atomic E-state index is -0.729. The van der Waals surface area contributed by atoms with Gasteiger partial charge in [0, 0.05) is 12.5 Å². The van der Waals surface area contributed by atoms with E-state index in [1.165, 1.54) is 63.9 Å². The van der Waals surface area contributed by atoms with Gasteiger partial charge in [-0.2, -0.15) is 0 Å². The highest BCUT2D eigenvalue weighted by Gasteiger charge is 2.39. The second-order valence-corrected chi connectivity index (χ2v) is 10.6. The molecular weight excluding hydrogens is 495 g/mol. The number of amidine groups is 1. The van der Waals surface area contributed by atoms with Crippen LogP contribution in [-0.2, 0) is 0 Å². The van der Waals surface area contributed by atoms with Crippen LogP contribution in [0.1, 0.15) is 77.6 Å². The van der Waals surface area contributed by atoms with Crippen LogP contribution in [0.25, 0.3) is 0 Å². The van der Waals surface area contributed by atoms with Crippen molar-refractivity contribution in [2.24, 2.45) is 4.99 Å². The van der Waals surface area contributed by atoms with Gasteiger partial charge < -0.3 is 14.9 Å². The molecule has 0 fully saturated rings. The molecule has 0 aliphatic carbocycles. The quantitative estimate of drug-likeness (QED) is 0.122. The minimum Gasteiger partial charge on any atom is -0.489 e. The number of unbranched alkanes of at least 4 members (excludes halogenated alkanes) is 9. The van der Waals surface area contributed by atoms with Gasteiger partial charge >= 0.3 is 0 Å². The first-order chi connectivity index (χ1) is 16.4. The minimum absolute atomic E-state index is 0.0588. The molecule has 0 saturated carbocycles. The van der Waals surface area contributed by atoms with Gasteiger partial charge in [0.05, 0.1) is 28.2 Å². The SMILES string of the molecule is CCCCCCCCCCCCC1=NCC[N+]1(CCO)CC(O)COc1cc(Cl)c(Cl)cc1Cl. The summed E-state index contributed by atoms with van der Waals surface area (Å²) in [5, 5.41) is 21.6. The number of hydrogen-bond acceptors (Lipinski definition) is 4. The van der Waals surface area contributed by atoms with Crippen molar-refractivity contribution in [2.75, 3.05) is 39.4 Å². The Hall–Kier alpha value is -0.560. The predicted molar refractivity (Wildman–Crippen MR) is 144 cm³/mol. The molecule has 1 aliphatic heterocycles. The summed E-state index contributed by atoms with van der Waals surface area (Å²) in [4.78, 5) is 4.76. The first kappa shape index (κ1) is 29.7. The zero-order valence-electron chi connectivity index (χ0n) is 20.6. The Morgan fingerprint density at radius 2 is 1.56 bits per heavy atom. The summed E-state index contributed by atoms with van der Waals surface area (Å²) in [6, 6.07) is 3.09. The monoisotopic (exact) mass is 535 g/mol. The summed E-state index contributed by atoms with van der Waals surface area (Å²) in [6.45, 7) is 4.94. The van der Waals surface area contributed by atoms with Crippen LogP contribution >= 0.6 is 34.8 Å². The topological polar surface area (TPSA) is 62.1 Å². The summed E-state index contributed by atoms with van der Waals surface area (Å²) in [6.07, 6.45) is 13.2. The first-order valence-electron chi connectivity index (χ1n) is 12.9. The average molecular weight is 537 g/mol. The fourth-order valence-electron chi connectivity index (χ4n) is 4.71. The molecule has 0 amide bonds. The van der Waals surface area contributed by atoms with Crippen molar-refractivity contribution in [1.29, 1.82) is 0 Å². The lowest BCUT2D eigenvalue weighted by atomic mass is 10.1. The maximum absolute atomic E-state index is 10.8. The van der Waals surface area contributed by atoms with E-state index in [1.807, 2.05) is 0 Å². The number of aliphatic imine (C=N–C) groups is 1. The summed E-state index contributed by atoms with van der Waals surface area (Å²) >= 11 is 18.2. The Labute approximate surface area is 220 Å². The van der Waals surface area contributed by atoms with Crippen LogP contribution in [0.15, 0.2) is 17.1 Å². The highest BCUT2D eigenvalue weighted by Crippen LogP contribution is 2.34. The van der Waals surface area contributed by atoms with Gasteiger partial charge in [-0.3, -0.25) is 4.48 Å². The third-order valence-corrected chi connectivity index (χ3v) is 7.64. The molecule has 194 valence electrons. The number of quaternary nitrogens is 1. The van der Waals surface area contributed by atoms with Crippen molar-refractivity contribution in [3.8, 4) is 5.75 Å². The van der Waals surface area contributed by atoms with Gasteiger partial charge in [0.15, 0.2) is 5.84 Å². The molecule has 0 radical (unpaired) electrons. The summed E-state index contributed by atoms with van der Waals surface area (Å²) in [5.74, 6) is 1.49. The number of benzene rings is 1. The lowest BCUT2D eigenvalue weighted by Crippen LogP contribution is -2.56. The molecule has 2 rings (SSSR count). The number of aliphatic hydroxyl groups excluding tert-OH is 2. The van der Waals surface area contributed by atoms with Gasteiger partial charge in [-0.25, -0.2) is 4.99 Å². The fourth-order valence-corrected chi connectivity index (χ4v) is 5.30. The zero-order chi connectivity index (χ0) is 24.8. The van der Waals surface area contributed by atoms with E-state index in [9.17, 15) is 10.2 Å². The van der Waals surface area contributed by atoms with E-state index in [0.717, 1.165) is 31.8 Å². The van der Waals surface area contributed by atoms with E-state index >= 15 is 0 Å². The lowest BCUT2D eigenvalue weighted by molar-refractivity contribution is -0.840. The molecule has 2 unspecified atom stereocenters. The second-order valence-electron chi connectivity index (χ2n) is 9.39. The van der Waals surface area contributed by atoms with Crippen LogP contribution in [-0.4, -0.2) is 66.0 Å². The maximum Gasteiger partial charge on any atom is 0.198 e. The highest BCUT2D eigenvalue weighted by atomic mass is 35.5. The molecular formula is C26H42Cl3N2O3+. The molecule has 5 nitrogen and oxygen atoms in total. The Morgan fingerprint density at radius 1 is 0.941 bits per heavy atom. The van der Waals surface area contributed by atoms with Crippen LogP contribution in [0.4, 0.5) is 0 Å². The Bertz CT molecular complexity index is 763. The molecule has 1 heterocycles. The van der Waals surface area contributed by atoms with Crippen molar-refractivity contribution < 1.29 is 19.4 Å². The normalized spacial score (nSPS) is 18.8. The molecule has 2 atom stereocenters. The average Bonchev–Trinajstić information content (AvgIpc) is 3.18. The van der Waals surface area contributed by atoms with E-state index in [-0.39, 0.29) is 13.2 Å². The van der Waals surface area contributed by atoms with E-state index in [0.29, 0.717) is 38.4 Å². The maximum atomic E-state index is 10.8. The van der Waals surface area contributed by atoms with Gasteiger partial charge in [-0.05, 0) is 12.5 Å². The summed E-state index contributed by atoms with van der Waals surface area (Å²) in [7, 11) is 0. The number of ether oxygens (including phenoxy) is 1. The lowest BCUT2D eigenvalue weighted by Gasteiger charge is -2.36. The molecule has 0 aromatic heterocycles. The van der Waals surface area contributed by atoms with Crippen molar-refractivity contribution in [3.63, 3.8) is 0 Å². The number of aliphatic hydroxyl groups is 2. The fraction of sp³-hybridized carbons (Fsp3) is 0.731. The molecule has 0 saturated heterocycles. The van der Waals surface area contributed by atoms with Gasteiger partial charge in [-0.15, -0.1) is 0 Å². The predicted octanol–water partition coefficient (Wildman–Crippen LogP) is 6.92. The molecule has 34 heavy (non-hydrogen) atoms. The molecule has 0 spiro atoms.